The molecule has 0 spiro atoms. The fraction of sp³-hybridized carbons (Fsp3) is 0.333. The molecular weight excluding hydrogens is 239 g/mol. The molecule has 0 aliphatic carbocycles. The van der Waals surface area contributed by atoms with Gasteiger partial charge in [0.05, 0.1) is 6.10 Å². The molecule has 0 heterocycles. The topological polar surface area (TPSA) is 20.2 Å². The second-order valence-corrected chi connectivity index (χ2v) is 3.91. The Bertz CT molecular complexity index is 275. The Morgan fingerprint density at radius 2 is 2.25 bits per heavy atom. The zero-order valence-electron chi connectivity index (χ0n) is 6.72. The lowest BCUT2D eigenvalue weighted by Crippen LogP contribution is -1.95. The summed E-state index contributed by atoms with van der Waals surface area (Å²) in [5.41, 5.74) is 0.794. The summed E-state index contributed by atoms with van der Waals surface area (Å²) in [5, 5.41) is 10.1. The largest absolute Gasteiger partial charge is 0.388 e. The molecule has 0 aliphatic rings. The molecule has 1 N–H and O–H groups in total. The van der Waals surface area contributed by atoms with Crippen molar-refractivity contribution in [2.75, 3.05) is 0 Å². The van der Waals surface area contributed by atoms with Crippen LogP contribution in [0.3, 0.4) is 0 Å². The third-order valence-corrected chi connectivity index (χ3v) is 2.53. The maximum Gasteiger partial charge on any atom is 0.0801 e. The number of aliphatic hydroxyl groups excluding tert-OH is 1. The quantitative estimate of drug-likeness (QED) is 0.850. The molecule has 0 aliphatic heterocycles. The Morgan fingerprint density at radius 1 is 1.58 bits per heavy atom. The Balaban J connectivity index is 3.01. The van der Waals surface area contributed by atoms with Gasteiger partial charge in [-0.25, -0.2) is 0 Å². The van der Waals surface area contributed by atoms with Gasteiger partial charge >= 0.3 is 0 Å². The highest BCUT2D eigenvalue weighted by molar-refractivity contribution is 9.10. The number of aliphatic hydroxyl groups is 1. The van der Waals surface area contributed by atoms with E-state index in [1.807, 2.05) is 19.1 Å². The average Bonchev–Trinajstić information content (AvgIpc) is 2.03. The fourth-order valence-electron chi connectivity index (χ4n) is 0.992. The predicted octanol–water partition coefficient (Wildman–Crippen LogP) is 3.55. The molecule has 3 heteroatoms. The molecule has 1 atom stereocenters. The summed E-state index contributed by atoms with van der Waals surface area (Å²) in [7, 11) is 0. The van der Waals surface area contributed by atoms with Crippen molar-refractivity contribution in [1.82, 2.24) is 0 Å². The van der Waals surface area contributed by atoms with Gasteiger partial charge < -0.3 is 5.11 Å². The molecule has 0 fully saturated rings. The van der Waals surface area contributed by atoms with E-state index in [0.29, 0.717) is 11.4 Å². The number of rotatable bonds is 2. The number of halogens is 2. The van der Waals surface area contributed by atoms with E-state index in [4.69, 9.17) is 11.6 Å². The first-order chi connectivity index (χ1) is 5.65. The van der Waals surface area contributed by atoms with Crippen LogP contribution < -0.4 is 0 Å². The van der Waals surface area contributed by atoms with Crippen molar-refractivity contribution in [3.8, 4) is 0 Å². The fourth-order valence-corrected chi connectivity index (χ4v) is 1.79. The molecule has 0 aromatic heterocycles. The number of hydrogen-bond acceptors (Lipinski definition) is 1. The van der Waals surface area contributed by atoms with Gasteiger partial charge in [-0.1, -0.05) is 40.5 Å². The second-order valence-electron chi connectivity index (χ2n) is 2.59. The van der Waals surface area contributed by atoms with E-state index < -0.39 is 6.10 Å². The van der Waals surface area contributed by atoms with Crippen molar-refractivity contribution >= 4 is 27.5 Å². The van der Waals surface area contributed by atoms with Gasteiger partial charge in [0.1, 0.15) is 0 Å². The highest BCUT2D eigenvalue weighted by Gasteiger charge is 2.08. The van der Waals surface area contributed by atoms with Crippen LogP contribution in [0, 0.1) is 0 Å². The normalized spacial score (nSPS) is 13.0. The van der Waals surface area contributed by atoms with Crippen LogP contribution in [-0.4, -0.2) is 5.11 Å². The Morgan fingerprint density at radius 3 is 2.75 bits per heavy atom. The van der Waals surface area contributed by atoms with Crippen LogP contribution in [0.5, 0.6) is 0 Å². The summed E-state index contributed by atoms with van der Waals surface area (Å²) in [6, 6.07) is 5.50. The van der Waals surface area contributed by atoms with Gasteiger partial charge in [0.2, 0.25) is 0 Å². The van der Waals surface area contributed by atoms with E-state index in [9.17, 15) is 5.11 Å². The van der Waals surface area contributed by atoms with Crippen LogP contribution in [0.4, 0.5) is 0 Å². The standard InChI is InChI=1S/C9H10BrClO/c1-2-9(12)7-4-3-6(10)5-8(7)11/h3-5,9,12H,2H2,1H3. The Labute approximate surface area is 85.5 Å². The molecule has 0 saturated carbocycles. The van der Waals surface area contributed by atoms with Crippen LogP contribution in [-0.2, 0) is 0 Å². The molecule has 1 aromatic carbocycles. The van der Waals surface area contributed by atoms with Gasteiger partial charge in [0, 0.05) is 9.50 Å². The van der Waals surface area contributed by atoms with Crippen molar-refractivity contribution in [1.29, 1.82) is 0 Å². The van der Waals surface area contributed by atoms with Crippen LogP contribution in [0.2, 0.25) is 5.02 Å². The Hall–Kier alpha value is -0.0500. The molecule has 0 amide bonds. The van der Waals surface area contributed by atoms with E-state index >= 15 is 0 Å². The van der Waals surface area contributed by atoms with Gasteiger partial charge in [0.25, 0.3) is 0 Å². The summed E-state index contributed by atoms with van der Waals surface area (Å²) < 4.78 is 0.930. The lowest BCUT2D eigenvalue weighted by Gasteiger charge is -2.09. The van der Waals surface area contributed by atoms with Crippen molar-refractivity contribution in [2.45, 2.75) is 19.4 Å². The van der Waals surface area contributed by atoms with Gasteiger partial charge in [-0.2, -0.15) is 0 Å². The SMILES string of the molecule is CCC(O)c1ccc(Br)cc1Cl. The minimum atomic E-state index is -0.453. The lowest BCUT2D eigenvalue weighted by molar-refractivity contribution is 0.174. The molecule has 1 rings (SSSR count). The van der Waals surface area contributed by atoms with E-state index in [2.05, 4.69) is 15.9 Å². The lowest BCUT2D eigenvalue weighted by atomic mass is 10.1. The second kappa shape index (κ2) is 4.26. The molecule has 0 radical (unpaired) electrons. The van der Waals surface area contributed by atoms with Crippen LogP contribution in [0.25, 0.3) is 0 Å². The van der Waals surface area contributed by atoms with Crippen molar-refractivity contribution < 1.29 is 5.11 Å². The highest BCUT2D eigenvalue weighted by atomic mass is 79.9. The van der Waals surface area contributed by atoms with E-state index in [-0.39, 0.29) is 0 Å². The van der Waals surface area contributed by atoms with Gasteiger partial charge in [-0.3, -0.25) is 0 Å². The minimum absolute atomic E-state index is 0.453. The average molecular weight is 250 g/mol. The first-order valence-corrected chi connectivity index (χ1v) is 4.95. The zero-order chi connectivity index (χ0) is 9.14. The molecule has 66 valence electrons. The first kappa shape index (κ1) is 10.0. The van der Waals surface area contributed by atoms with Gasteiger partial charge in [-0.15, -0.1) is 0 Å². The summed E-state index contributed by atoms with van der Waals surface area (Å²) in [6.45, 7) is 1.92. The maximum absolute atomic E-state index is 9.50. The summed E-state index contributed by atoms with van der Waals surface area (Å²) in [6.07, 6.45) is 0.229. The van der Waals surface area contributed by atoms with E-state index in [1.165, 1.54) is 0 Å². The summed E-state index contributed by atoms with van der Waals surface area (Å²) >= 11 is 9.21. The van der Waals surface area contributed by atoms with Gasteiger partial charge in [-0.05, 0) is 24.1 Å². The summed E-state index contributed by atoms with van der Waals surface area (Å²) in [4.78, 5) is 0. The van der Waals surface area contributed by atoms with Crippen LogP contribution in [0.1, 0.15) is 25.0 Å². The number of benzene rings is 1. The molecule has 0 bridgehead atoms. The molecule has 1 unspecified atom stereocenters. The van der Waals surface area contributed by atoms with Crippen LogP contribution in [0.15, 0.2) is 22.7 Å². The maximum atomic E-state index is 9.50. The predicted molar refractivity (Wildman–Crippen MR) is 54.4 cm³/mol. The molecular formula is C9H10BrClO. The molecule has 1 aromatic rings. The van der Waals surface area contributed by atoms with Crippen LogP contribution >= 0.6 is 27.5 Å². The van der Waals surface area contributed by atoms with Crippen molar-refractivity contribution in [2.24, 2.45) is 0 Å². The van der Waals surface area contributed by atoms with Gasteiger partial charge in [0.15, 0.2) is 0 Å². The Kier molecular flexibility index (Phi) is 3.56. The molecule has 12 heavy (non-hydrogen) atoms. The third-order valence-electron chi connectivity index (χ3n) is 1.71. The van der Waals surface area contributed by atoms with Crippen molar-refractivity contribution in [3.05, 3.63) is 33.3 Å². The minimum Gasteiger partial charge on any atom is -0.388 e. The smallest absolute Gasteiger partial charge is 0.0801 e. The molecule has 1 nitrogen and oxygen atoms in total. The van der Waals surface area contributed by atoms with E-state index in [1.54, 1.807) is 6.07 Å². The highest BCUT2D eigenvalue weighted by Crippen LogP contribution is 2.27. The zero-order valence-corrected chi connectivity index (χ0v) is 9.06. The first-order valence-electron chi connectivity index (χ1n) is 3.78. The van der Waals surface area contributed by atoms with E-state index in [0.717, 1.165) is 10.0 Å². The van der Waals surface area contributed by atoms with Crippen molar-refractivity contribution in [3.63, 3.8) is 0 Å². The third kappa shape index (κ3) is 2.22. The number of hydrogen-bond donors (Lipinski definition) is 1. The molecule has 0 saturated heterocycles. The summed E-state index contributed by atoms with van der Waals surface area (Å²) in [5.74, 6) is 0. The monoisotopic (exact) mass is 248 g/mol.